The second-order valence-corrected chi connectivity index (χ2v) is 6.52. The molecule has 1 fully saturated rings. The van der Waals surface area contributed by atoms with Gasteiger partial charge in [0.15, 0.2) is 18.5 Å². The van der Waals surface area contributed by atoms with Gasteiger partial charge in [0.05, 0.1) is 0 Å². The van der Waals surface area contributed by atoms with E-state index in [9.17, 15) is 24.3 Å². The molecule has 5 atom stereocenters. The fourth-order valence-corrected chi connectivity index (χ4v) is 2.97. The number of ether oxygens (including phenoxy) is 3. The number of nitrogens with one attached hydrogen (secondary N) is 2. The number of aliphatic hydroxyl groups is 1. The maximum Gasteiger partial charge on any atom is 0.303 e. The molecule has 29 heavy (non-hydrogen) atoms. The smallest absolute Gasteiger partial charge is 0.303 e. The first-order valence-corrected chi connectivity index (χ1v) is 8.97. The minimum atomic E-state index is -1.59. The Hall–Kier alpha value is -2.98. The molecule has 3 N–H and O–H groups in total. The molecule has 1 aromatic rings. The van der Waals surface area contributed by atoms with Crippen LogP contribution in [0.4, 0.5) is 0 Å². The highest BCUT2D eigenvalue weighted by Gasteiger charge is 2.50. The molecular formula is C19H24N2O8. The van der Waals surface area contributed by atoms with Crippen molar-refractivity contribution in [1.82, 2.24) is 10.6 Å². The zero-order valence-electron chi connectivity index (χ0n) is 16.3. The third kappa shape index (κ3) is 6.26. The lowest BCUT2D eigenvalue weighted by molar-refractivity contribution is -0.255. The predicted molar refractivity (Wildman–Crippen MR) is 98.4 cm³/mol. The van der Waals surface area contributed by atoms with Gasteiger partial charge in [0.25, 0.3) is 5.91 Å². The van der Waals surface area contributed by atoms with Gasteiger partial charge in [-0.3, -0.25) is 19.2 Å². The molecule has 2 amide bonds. The molecule has 0 bridgehead atoms. The summed E-state index contributed by atoms with van der Waals surface area (Å²) >= 11 is 0. The Labute approximate surface area is 167 Å². The quantitative estimate of drug-likeness (QED) is 0.535. The summed E-state index contributed by atoms with van der Waals surface area (Å²) in [5, 5.41) is 15.5. The van der Waals surface area contributed by atoms with Crippen LogP contribution >= 0.6 is 0 Å². The highest BCUT2D eigenvalue weighted by molar-refractivity contribution is 5.94. The van der Waals surface area contributed by atoms with E-state index >= 15 is 0 Å². The van der Waals surface area contributed by atoms with Gasteiger partial charge in [-0.15, -0.1) is 0 Å². The topological polar surface area (TPSA) is 140 Å². The van der Waals surface area contributed by atoms with E-state index in [0.29, 0.717) is 5.56 Å². The van der Waals surface area contributed by atoms with E-state index in [0.717, 1.165) is 13.8 Å². The lowest BCUT2D eigenvalue weighted by atomic mass is 9.95. The van der Waals surface area contributed by atoms with Crippen molar-refractivity contribution in [2.75, 3.05) is 6.54 Å². The summed E-state index contributed by atoms with van der Waals surface area (Å²) in [6, 6.07) is 6.98. The van der Waals surface area contributed by atoms with E-state index < -0.39 is 48.5 Å². The van der Waals surface area contributed by atoms with Crippen LogP contribution in [-0.2, 0) is 28.6 Å². The third-order valence-electron chi connectivity index (χ3n) is 4.16. The largest absolute Gasteiger partial charge is 0.456 e. The molecule has 1 aliphatic heterocycles. The number of hydrogen-bond donors (Lipinski definition) is 3. The highest BCUT2D eigenvalue weighted by Crippen LogP contribution is 2.26. The summed E-state index contributed by atoms with van der Waals surface area (Å²) in [6.07, 6.45) is -5.01. The van der Waals surface area contributed by atoms with Gasteiger partial charge in [-0.2, -0.15) is 0 Å². The van der Waals surface area contributed by atoms with Crippen LogP contribution in [0.25, 0.3) is 0 Å². The van der Waals surface area contributed by atoms with Crippen LogP contribution in [-0.4, -0.2) is 66.0 Å². The average molecular weight is 408 g/mol. The molecule has 0 radical (unpaired) electrons. The molecular weight excluding hydrogens is 384 g/mol. The number of carbonyl (C=O) groups excluding carboxylic acids is 4. The van der Waals surface area contributed by atoms with E-state index in [1.807, 2.05) is 0 Å². The molecule has 10 nitrogen and oxygen atoms in total. The SMILES string of the molecule is CC(=O)NCC1OC(O)C(NC(=O)c2ccccc2)C(OC(C)=O)C1OC(C)=O. The number of aliphatic hydroxyl groups excluding tert-OH is 1. The van der Waals surface area contributed by atoms with Crippen LogP contribution in [0.2, 0.25) is 0 Å². The minimum absolute atomic E-state index is 0.110. The first kappa shape index (κ1) is 22.3. The Morgan fingerprint density at radius 2 is 1.59 bits per heavy atom. The third-order valence-corrected chi connectivity index (χ3v) is 4.16. The van der Waals surface area contributed by atoms with Crippen molar-refractivity contribution < 1.29 is 38.5 Å². The van der Waals surface area contributed by atoms with Gasteiger partial charge in [0, 0.05) is 32.9 Å². The molecule has 2 rings (SSSR count). The van der Waals surface area contributed by atoms with Crippen LogP contribution in [0.15, 0.2) is 30.3 Å². The second kappa shape index (κ2) is 9.99. The van der Waals surface area contributed by atoms with Crippen molar-refractivity contribution in [3.05, 3.63) is 35.9 Å². The molecule has 1 aromatic carbocycles. The molecule has 5 unspecified atom stereocenters. The van der Waals surface area contributed by atoms with Gasteiger partial charge in [0.2, 0.25) is 5.91 Å². The number of amides is 2. The number of carbonyl (C=O) groups is 4. The van der Waals surface area contributed by atoms with Gasteiger partial charge >= 0.3 is 11.9 Å². The predicted octanol–water partition coefficient (Wildman–Crippen LogP) is -0.498. The second-order valence-electron chi connectivity index (χ2n) is 6.52. The minimum Gasteiger partial charge on any atom is -0.456 e. The zero-order chi connectivity index (χ0) is 21.6. The van der Waals surface area contributed by atoms with E-state index in [4.69, 9.17) is 14.2 Å². The molecule has 0 aliphatic carbocycles. The monoisotopic (exact) mass is 408 g/mol. The maximum absolute atomic E-state index is 12.5. The van der Waals surface area contributed by atoms with E-state index in [1.54, 1.807) is 30.3 Å². The molecule has 1 aliphatic rings. The van der Waals surface area contributed by atoms with Crippen LogP contribution in [0.5, 0.6) is 0 Å². The van der Waals surface area contributed by atoms with Crippen LogP contribution in [0, 0.1) is 0 Å². The van der Waals surface area contributed by atoms with Crippen molar-refractivity contribution >= 4 is 23.8 Å². The first-order chi connectivity index (χ1) is 13.7. The van der Waals surface area contributed by atoms with Gasteiger partial charge in [0.1, 0.15) is 12.1 Å². The fourth-order valence-electron chi connectivity index (χ4n) is 2.97. The van der Waals surface area contributed by atoms with Crippen LogP contribution < -0.4 is 10.6 Å². The number of benzene rings is 1. The normalized spacial score (nSPS) is 26.1. The summed E-state index contributed by atoms with van der Waals surface area (Å²) in [5.41, 5.74) is 0.311. The lowest BCUT2D eigenvalue weighted by Gasteiger charge is -2.43. The van der Waals surface area contributed by atoms with Gasteiger partial charge in [-0.05, 0) is 12.1 Å². The van der Waals surface area contributed by atoms with E-state index in [2.05, 4.69) is 10.6 Å². The standard InChI is InChI=1S/C19H24N2O8/c1-10(22)20-9-14-16(27-11(2)23)17(28-12(3)24)15(19(26)29-14)21-18(25)13-7-5-4-6-8-13/h4-8,14-17,19,26H,9H2,1-3H3,(H,20,22)(H,21,25). The Morgan fingerprint density at radius 1 is 1.00 bits per heavy atom. The summed E-state index contributed by atoms with van der Waals surface area (Å²) in [4.78, 5) is 47.0. The van der Waals surface area contributed by atoms with Crippen molar-refractivity contribution in [2.24, 2.45) is 0 Å². The Morgan fingerprint density at radius 3 is 2.14 bits per heavy atom. The molecule has 1 saturated heterocycles. The van der Waals surface area contributed by atoms with Crippen LogP contribution in [0.3, 0.4) is 0 Å². The van der Waals surface area contributed by atoms with E-state index in [-0.39, 0.29) is 12.5 Å². The maximum atomic E-state index is 12.5. The molecule has 0 saturated carbocycles. The molecule has 0 spiro atoms. The molecule has 0 aromatic heterocycles. The van der Waals surface area contributed by atoms with E-state index in [1.165, 1.54) is 6.92 Å². The van der Waals surface area contributed by atoms with Gasteiger partial charge in [-0.1, -0.05) is 18.2 Å². The number of hydrogen-bond acceptors (Lipinski definition) is 8. The molecule has 1 heterocycles. The van der Waals surface area contributed by atoms with Gasteiger partial charge < -0.3 is 30.0 Å². The average Bonchev–Trinajstić information content (AvgIpc) is 2.65. The molecule has 10 heteroatoms. The summed E-state index contributed by atoms with van der Waals surface area (Å²) in [5.74, 6) is -2.31. The van der Waals surface area contributed by atoms with Crippen LogP contribution in [0.1, 0.15) is 31.1 Å². The van der Waals surface area contributed by atoms with Crippen molar-refractivity contribution in [3.63, 3.8) is 0 Å². The fraction of sp³-hybridized carbons (Fsp3) is 0.474. The van der Waals surface area contributed by atoms with Crippen molar-refractivity contribution in [2.45, 2.75) is 51.4 Å². The van der Waals surface area contributed by atoms with Crippen molar-refractivity contribution in [3.8, 4) is 0 Å². The Balaban J connectivity index is 2.30. The number of rotatable bonds is 6. The van der Waals surface area contributed by atoms with Gasteiger partial charge in [-0.25, -0.2) is 0 Å². The zero-order valence-corrected chi connectivity index (χ0v) is 16.3. The summed E-state index contributed by atoms with van der Waals surface area (Å²) in [6.45, 7) is 3.47. The molecule has 158 valence electrons. The number of esters is 2. The summed E-state index contributed by atoms with van der Waals surface area (Å²) < 4.78 is 16.0. The van der Waals surface area contributed by atoms with Crippen molar-refractivity contribution in [1.29, 1.82) is 0 Å². The first-order valence-electron chi connectivity index (χ1n) is 8.97. The lowest BCUT2D eigenvalue weighted by Crippen LogP contribution is -2.66. The summed E-state index contributed by atoms with van der Waals surface area (Å²) in [7, 11) is 0. The Kier molecular flexibility index (Phi) is 7.68. The Bertz CT molecular complexity index is 754. The highest BCUT2D eigenvalue weighted by atomic mass is 16.7.